The lowest BCUT2D eigenvalue weighted by atomic mass is 10.0. The third-order valence-corrected chi connectivity index (χ3v) is 3.26. The Morgan fingerprint density at radius 2 is 1.79 bits per heavy atom. The first-order chi connectivity index (χ1) is 6.64. The van der Waals surface area contributed by atoms with Crippen LogP contribution in [0.1, 0.15) is 58.8 Å². The molecule has 1 saturated carbocycles. The zero-order valence-electron chi connectivity index (χ0n) is 9.72. The van der Waals surface area contributed by atoms with Crippen molar-refractivity contribution in [2.24, 2.45) is 5.73 Å². The van der Waals surface area contributed by atoms with Crippen molar-refractivity contribution in [3.8, 4) is 0 Å². The van der Waals surface area contributed by atoms with E-state index >= 15 is 0 Å². The van der Waals surface area contributed by atoms with Gasteiger partial charge in [0.15, 0.2) is 0 Å². The molecule has 1 aliphatic rings. The second-order valence-corrected chi connectivity index (χ2v) is 4.93. The highest BCUT2D eigenvalue weighted by Crippen LogP contribution is 2.20. The van der Waals surface area contributed by atoms with Gasteiger partial charge in [0.25, 0.3) is 0 Å². The molecule has 84 valence electrons. The second kappa shape index (κ2) is 5.72. The Kier molecular flexibility index (Phi) is 4.90. The van der Waals surface area contributed by atoms with Gasteiger partial charge in [-0.2, -0.15) is 0 Å². The number of nitrogens with two attached hydrogens (primary N) is 1. The zero-order valence-corrected chi connectivity index (χ0v) is 9.72. The molecule has 0 amide bonds. The van der Waals surface area contributed by atoms with E-state index in [1.165, 1.54) is 38.5 Å². The molecule has 0 heterocycles. The summed E-state index contributed by atoms with van der Waals surface area (Å²) in [5.74, 6) is 0. The van der Waals surface area contributed by atoms with Crippen LogP contribution in [0.5, 0.6) is 0 Å². The molecule has 0 spiro atoms. The van der Waals surface area contributed by atoms with Crippen molar-refractivity contribution in [1.82, 2.24) is 0 Å². The Labute approximate surface area is 88.2 Å². The van der Waals surface area contributed by atoms with Crippen LogP contribution in [0.15, 0.2) is 0 Å². The van der Waals surface area contributed by atoms with Crippen LogP contribution in [-0.4, -0.2) is 18.2 Å². The normalized spacial score (nSPS) is 24.2. The van der Waals surface area contributed by atoms with Gasteiger partial charge in [-0.15, -0.1) is 0 Å². The van der Waals surface area contributed by atoms with E-state index in [1.807, 2.05) is 0 Å². The van der Waals surface area contributed by atoms with Gasteiger partial charge >= 0.3 is 0 Å². The highest BCUT2D eigenvalue weighted by molar-refractivity contribution is 4.77. The molecule has 1 fully saturated rings. The van der Waals surface area contributed by atoms with E-state index in [-0.39, 0.29) is 5.54 Å². The fourth-order valence-electron chi connectivity index (χ4n) is 1.82. The monoisotopic (exact) mass is 199 g/mol. The molecule has 0 saturated heterocycles. The first kappa shape index (κ1) is 12.0. The van der Waals surface area contributed by atoms with Crippen molar-refractivity contribution in [1.29, 1.82) is 0 Å². The van der Waals surface area contributed by atoms with Crippen LogP contribution in [0.2, 0.25) is 0 Å². The zero-order chi connectivity index (χ0) is 10.4. The molecule has 1 rings (SSSR count). The molecule has 1 unspecified atom stereocenters. The summed E-state index contributed by atoms with van der Waals surface area (Å²) >= 11 is 0. The Bertz CT molecular complexity index is 148. The predicted octanol–water partition coefficient (Wildman–Crippen LogP) is 2.85. The Morgan fingerprint density at radius 3 is 2.29 bits per heavy atom. The molecular weight excluding hydrogens is 174 g/mol. The number of ether oxygens (including phenoxy) is 1. The number of hydrogen-bond acceptors (Lipinski definition) is 2. The van der Waals surface area contributed by atoms with E-state index in [1.54, 1.807) is 0 Å². The Hall–Kier alpha value is -0.0800. The van der Waals surface area contributed by atoms with Gasteiger partial charge in [0, 0.05) is 5.54 Å². The van der Waals surface area contributed by atoms with Crippen molar-refractivity contribution in [3.05, 3.63) is 0 Å². The van der Waals surface area contributed by atoms with E-state index in [0.717, 1.165) is 6.42 Å². The molecule has 0 bridgehead atoms. The molecule has 0 aromatic rings. The fourth-order valence-corrected chi connectivity index (χ4v) is 1.82. The lowest BCUT2D eigenvalue weighted by Gasteiger charge is -2.26. The topological polar surface area (TPSA) is 35.2 Å². The van der Waals surface area contributed by atoms with Crippen LogP contribution >= 0.6 is 0 Å². The largest absolute Gasteiger partial charge is 0.376 e. The average molecular weight is 199 g/mol. The lowest BCUT2D eigenvalue weighted by molar-refractivity contribution is 0.0146. The summed E-state index contributed by atoms with van der Waals surface area (Å²) in [5.41, 5.74) is 5.91. The highest BCUT2D eigenvalue weighted by Gasteiger charge is 2.19. The molecule has 1 atom stereocenters. The van der Waals surface area contributed by atoms with Crippen LogP contribution in [-0.2, 0) is 4.74 Å². The summed E-state index contributed by atoms with van der Waals surface area (Å²) < 4.78 is 5.89. The summed E-state index contributed by atoms with van der Waals surface area (Å²) in [6.07, 6.45) is 9.36. The minimum absolute atomic E-state index is 0.133. The molecule has 2 heteroatoms. The van der Waals surface area contributed by atoms with Crippen molar-refractivity contribution < 1.29 is 4.74 Å². The first-order valence-corrected chi connectivity index (χ1v) is 6.04. The maximum Gasteiger partial charge on any atom is 0.0647 e. The summed E-state index contributed by atoms with van der Waals surface area (Å²) in [4.78, 5) is 0. The van der Waals surface area contributed by atoms with Gasteiger partial charge in [-0.25, -0.2) is 0 Å². The minimum atomic E-state index is -0.133. The predicted molar refractivity (Wildman–Crippen MR) is 60.3 cm³/mol. The van der Waals surface area contributed by atoms with Crippen molar-refractivity contribution in [2.45, 2.75) is 70.4 Å². The van der Waals surface area contributed by atoms with Gasteiger partial charge < -0.3 is 10.5 Å². The summed E-state index contributed by atoms with van der Waals surface area (Å²) in [7, 11) is 0. The Balaban J connectivity index is 2.22. The van der Waals surface area contributed by atoms with Gasteiger partial charge in [0.1, 0.15) is 0 Å². The quantitative estimate of drug-likeness (QED) is 0.707. The van der Waals surface area contributed by atoms with Gasteiger partial charge in [0.2, 0.25) is 0 Å². The van der Waals surface area contributed by atoms with E-state index in [2.05, 4.69) is 13.8 Å². The first-order valence-electron chi connectivity index (χ1n) is 6.04. The molecule has 2 N–H and O–H groups in total. The smallest absolute Gasteiger partial charge is 0.0647 e. The standard InChI is InChI=1S/C12H25NO/c1-3-12(2,13)10-14-11-8-6-4-5-7-9-11/h11H,3-10,13H2,1-2H3. The second-order valence-electron chi connectivity index (χ2n) is 4.93. The van der Waals surface area contributed by atoms with E-state index < -0.39 is 0 Å². The Morgan fingerprint density at radius 1 is 1.21 bits per heavy atom. The van der Waals surface area contributed by atoms with E-state index in [0.29, 0.717) is 12.7 Å². The van der Waals surface area contributed by atoms with Gasteiger partial charge in [0.05, 0.1) is 12.7 Å². The maximum absolute atomic E-state index is 6.05. The molecule has 1 aliphatic carbocycles. The molecule has 0 aromatic heterocycles. The van der Waals surface area contributed by atoms with Crippen molar-refractivity contribution >= 4 is 0 Å². The van der Waals surface area contributed by atoms with Crippen LogP contribution in [0.4, 0.5) is 0 Å². The summed E-state index contributed by atoms with van der Waals surface area (Å²) in [5, 5.41) is 0. The van der Waals surface area contributed by atoms with Gasteiger partial charge in [-0.1, -0.05) is 32.6 Å². The van der Waals surface area contributed by atoms with E-state index in [9.17, 15) is 0 Å². The van der Waals surface area contributed by atoms with Gasteiger partial charge in [-0.3, -0.25) is 0 Å². The number of rotatable bonds is 4. The van der Waals surface area contributed by atoms with Crippen molar-refractivity contribution in [2.75, 3.05) is 6.61 Å². The minimum Gasteiger partial charge on any atom is -0.376 e. The van der Waals surface area contributed by atoms with Gasteiger partial charge in [-0.05, 0) is 26.2 Å². The summed E-state index contributed by atoms with van der Waals surface area (Å²) in [6.45, 7) is 4.91. The molecular formula is C12H25NO. The number of hydrogen-bond donors (Lipinski definition) is 1. The maximum atomic E-state index is 6.05. The molecule has 14 heavy (non-hydrogen) atoms. The summed E-state index contributed by atoms with van der Waals surface area (Å²) in [6, 6.07) is 0. The van der Waals surface area contributed by atoms with E-state index in [4.69, 9.17) is 10.5 Å². The van der Waals surface area contributed by atoms with Crippen LogP contribution in [0.25, 0.3) is 0 Å². The molecule has 0 radical (unpaired) electrons. The molecule has 2 nitrogen and oxygen atoms in total. The molecule has 0 aromatic carbocycles. The van der Waals surface area contributed by atoms with Crippen LogP contribution in [0, 0.1) is 0 Å². The van der Waals surface area contributed by atoms with Crippen molar-refractivity contribution in [3.63, 3.8) is 0 Å². The molecule has 0 aliphatic heterocycles. The average Bonchev–Trinajstić information content (AvgIpc) is 2.43. The third-order valence-electron chi connectivity index (χ3n) is 3.26. The van der Waals surface area contributed by atoms with Crippen LogP contribution < -0.4 is 5.73 Å². The highest BCUT2D eigenvalue weighted by atomic mass is 16.5. The van der Waals surface area contributed by atoms with Crippen LogP contribution in [0.3, 0.4) is 0 Å². The fraction of sp³-hybridized carbons (Fsp3) is 1.00. The third kappa shape index (κ3) is 4.43. The SMILES string of the molecule is CCC(C)(N)COC1CCCCCC1. The lowest BCUT2D eigenvalue weighted by Crippen LogP contribution is -2.41.